The van der Waals surface area contributed by atoms with Gasteiger partial charge in [0.25, 0.3) is 0 Å². The average molecular weight is 195 g/mol. The lowest BCUT2D eigenvalue weighted by Crippen LogP contribution is -2.13. The number of hydrogen-bond donors (Lipinski definition) is 1. The van der Waals surface area contributed by atoms with Gasteiger partial charge in [-0.3, -0.25) is 0 Å². The normalized spacial score (nSPS) is 15.8. The molecule has 2 rings (SSSR count). The zero-order chi connectivity index (χ0) is 9.10. The topological polar surface area (TPSA) is 12.0 Å². The van der Waals surface area contributed by atoms with Gasteiger partial charge in [0.1, 0.15) is 0 Å². The minimum absolute atomic E-state index is 1.07. The Kier molecular flexibility index (Phi) is 3.01. The molecule has 0 amide bonds. The van der Waals surface area contributed by atoms with E-state index in [1.54, 1.807) is 16.0 Å². The van der Waals surface area contributed by atoms with Crippen molar-refractivity contribution in [2.45, 2.75) is 39.2 Å². The van der Waals surface area contributed by atoms with Gasteiger partial charge in [-0.15, -0.1) is 11.3 Å². The molecule has 0 bridgehead atoms. The van der Waals surface area contributed by atoms with Gasteiger partial charge in [0.2, 0.25) is 0 Å². The number of aryl methyl sites for hydroxylation is 1. The Morgan fingerprint density at radius 2 is 2.23 bits per heavy atom. The van der Waals surface area contributed by atoms with Gasteiger partial charge in [0.15, 0.2) is 0 Å². The van der Waals surface area contributed by atoms with Crippen molar-refractivity contribution in [3.8, 4) is 0 Å². The highest BCUT2D eigenvalue weighted by Gasteiger charge is 2.14. The number of rotatable bonds is 3. The van der Waals surface area contributed by atoms with E-state index in [-0.39, 0.29) is 0 Å². The molecule has 1 aromatic heterocycles. The molecule has 0 radical (unpaired) electrons. The van der Waals surface area contributed by atoms with Gasteiger partial charge >= 0.3 is 0 Å². The molecule has 1 nitrogen and oxygen atoms in total. The quantitative estimate of drug-likeness (QED) is 0.782. The maximum atomic E-state index is 3.41. The second-order valence-electron chi connectivity index (χ2n) is 3.65. The van der Waals surface area contributed by atoms with E-state index >= 15 is 0 Å². The predicted molar refractivity (Wildman–Crippen MR) is 58.3 cm³/mol. The Morgan fingerprint density at radius 1 is 1.38 bits per heavy atom. The monoisotopic (exact) mass is 195 g/mol. The van der Waals surface area contributed by atoms with Gasteiger partial charge < -0.3 is 5.32 Å². The molecule has 72 valence electrons. The Balaban J connectivity index is 2.12. The third-order valence-corrected chi connectivity index (χ3v) is 3.85. The molecule has 0 aromatic carbocycles. The second-order valence-corrected chi connectivity index (χ2v) is 4.61. The van der Waals surface area contributed by atoms with Crippen LogP contribution in [0.2, 0.25) is 0 Å². The van der Waals surface area contributed by atoms with Crippen LogP contribution in [0.4, 0.5) is 0 Å². The van der Waals surface area contributed by atoms with Crippen LogP contribution < -0.4 is 5.32 Å². The van der Waals surface area contributed by atoms with Crippen LogP contribution in [0.15, 0.2) is 5.38 Å². The summed E-state index contributed by atoms with van der Waals surface area (Å²) in [5, 5.41) is 5.75. The second kappa shape index (κ2) is 4.25. The Bertz CT molecular complexity index is 278. The van der Waals surface area contributed by atoms with Crippen LogP contribution in [0.5, 0.6) is 0 Å². The Labute approximate surface area is 84.2 Å². The molecule has 1 heterocycles. The zero-order valence-electron chi connectivity index (χ0n) is 8.23. The smallest absolute Gasteiger partial charge is 0.0216 e. The van der Waals surface area contributed by atoms with Crippen molar-refractivity contribution >= 4 is 11.3 Å². The van der Waals surface area contributed by atoms with E-state index in [0.29, 0.717) is 0 Å². The van der Waals surface area contributed by atoms with Crippen LogP contribution in [0.3, 0.4) is 0 Å². The summed E-state index contributed by atoms with van der Waals surface area (Å²) in [6.07, 6.45) is 5.43. The highest BCUT2D eigenvalue weighted by Crippen LogP contribution is 2.29. The number of fused-ring (bicyclic) bond motifs is 1. The zero-order valence-corrected chi connectivity index (χ0v) is 9.04. The molecule has 0 spiro atoms. The molecular formula is C11H17NS. The Hall–Kier alpha value is -0.340. The lowest BCUT2D eigenvalue weighted by atomic mass is 9.96. The van der Waals surface area contributed by atoms with E-state index in [0.717, 1.165) is 13.1 Å². The molecule has 0 atom stereocenters. The summed E-state index contributed by atoms with van der Waals surface area (Å²) in [6.45, 7) is 4.31. The minimum atomic E-state index is 1.07. The van der Waals surface area contributed by atoms with Crippen molar-refractivity contribution < 1.29 is 0 Å². The minimum Gasteiger partial charge on any atom is -0.313 e. The van der Waals surface area contributed by atoms with Gasteiger partial charge in [0.05, 0.1) is 0 Å². The fourth-order valence-corrected chi connectivity index (χ4v) is 3.12. The van der Waals surface area contributed by atoms with Gasteiger partial charge in [-0.2, -0.15) is 0 Å². The third kappa shape index (κ3) is 1.94. The van der Waals surface area contributed by atoms with Crippen LogP contribution in [0.1, 0.15) is 35.8 Å². The van der Waals surface area contributed by atoms with E-state index in [9.17, 15) is 0 Å². The van der Waals surface area contributed by atoms with E-state index in [1.165, 1.54) is 25.7 Å². The molecule has 0 saturated heterocycles. The predicted octanol–water partition coefficient (Wildman–Crippen LogP) is 2.74. The van der Waals surface area contributed by atoms with E-state index in [4.69, 9.17) is 0 Å². The summed E-state index contributed by atoms with van der Waals surface area (Å²) in [6, 6.07) is 0. The van der Waals surface area contributed by atoms with Crippen LogP contribution in [-0.2, 0) is 19.4 Å². The summed E-state index contributed by atoms with van der Waals surface area (Å²) >= 11 is 1.96. The van der Waals surface area contributed by atoms with E-state index in [2.05, 4.69) is 17.6 Å². The molecule has 0 unspecified atom stereocenters. The van der Waals surface area contributed by atoms with Crippen LogP contribution >= 0.6 is 11.3 Å². The molecule has 2 heteroatoms. The summed E-state index contributed by atoms with van der Waals surface area (Å²) in [5.74, 6) is 0. The molecule has 13 heavy (non-hydrogen) atoms. The van der Waals surface area contributed by atoms with Gasteiger partial charge in [0, 0.05) is 11.4 Å². The molecule has 0 aliphatic heterocycles. The summed E-state index contributed by atoms with van der Waals surface area (Å²) in [5.41, 5.74) is 3.22. The fraction of sp³-hybridized carbons (Fsp3) is 0.636. The lowest BCUT2D eigenvalue weighted by molar-refractivity contribution is 0.673. The largest absolute Gasteiger partial charge is 0.313 e. The summed E-state index contributed by atoms with van der Waals surface area (Å²) < 4.78 is 0. The van der Waals surface area contributed by atoms with E-state index < -0.39 is 0 Å². The van der Waals surface area contributed by atoms with E-state index in [1.807, 2.05) is 11.3 Å². The maximum absolute atomic E-state index is 3.41. The number of hydrogen-bond acceptors (Lipinski definition) is 2. The van der Waals surface area contributed by atoms with Crippen molar-refractivity contribution in [2.24, 2.45) is 0 Å². The maximum Gasteiger partial charge on any atom is 0.0216 e. The molecule has 1 aliphatic rings. The fourth-order valence-electron chi connectivity index (χ4n) is 1.97. The van der Waals surface area contributed by atoms with Crippen LogP contribution in [0.25, 0.3) is 0 Å². The standard InChI is InChI=1S/C11H17NS/c1-2-12-7-9-8-13-11-6-4-3-5-10(9)11/h8,12H,2-7H2,1H3. The molecule has 0 fully saturated rings. The average Bonchev–Trinajstić information content (AvgIpc) is 2.58. The van der Waals surface area contributed by atoms with Crippen molar-refractivity contribution in [1.82, 2.24) is 5.32 Å². The summed E-state index contributed by atoms with van der Waals surface area (Å²) in [7, 11) is 0. The van der Waals surface area contributed by atoms with Crippen molar-refractivity contribution in [1.29, 1.82) is 0 Å². The van der Waals surface area contributed by atoms with Gasteiger partial charge in [-0.05, 0) is 48.7 Å². The highest BCUT2D eigenvalue weighted by molar-refractivity contribution is 7.10. The highest BCUT2D eigenvalue weighted by atomic mass is 32.1. The molecule has 1 N–H and O–H groups in total. The Morgan fingerprint density at radius 3 is 3.08 bits per heavy atom. The molecule has 0 saturated carbocycles. The van der Waals surface area contributed by atoms with Gasteiger partial charge in [-0.25, -0.2) is 0 Å². The van der Waals surface area contributed by atoms with Crippen molar-refractivity contribution in [2.75, 3.05) is 6.54 Å². The first-order valence-electron chi connectivity index (χ1n) is 5.20. The number of thiophene rings is 1. The first-order chi connectivity index (χ1) is 6.42. The molecule has 1 aliphatic carbocycles. The summed E-state index contributed by atoms with van der Waals surface area (Å²) in [4.78, 5) is 1.65. The third-order valence-electron chi connectivity index (χ3n) is 2.71. The SMILES string of the molecule is CCNCc1csc2c1CCCC2. The first-order valence-corrected chi connectivity index (χ1v) is 6.08. The molecular weight excluding hydrogens is 178 g/mol. The van der Waals surface area contributed by atoms with Gasteiger partial charge in [-0.1, -0.05) is 6.92 Å². The lowest BCUT2D eigenvalue weighted by Gasteiger charge is -2.12. The van der Waals surface area contributed by atoms with Crippen LogP contribution in [-0.4, -0.2) is 6.54 Å². The number of nitrogens with one attached hydrogen (secondary N) is 1. The molecule has 1 aromatic rings. The van der Waals surface area contributed by atoms with Crippen molar-refractivity contribution in [3.63, 3.8) is 0 Å². The van der Waals surface area contributed by atoms with Crippen LogP contribution in [0, 0.1) is 0 Å². The first kappa shape index (κ1) is 9.22. The van der Waals surface area contributed by atoms with Crippen molar-refractivity contribution in [3.05, 3.63) is 21.4 Å².